The third-order valence-corrected chi connectivity index (χ3v) is 5.42. The minimum atomic E-state index is -0.515. The number of hydrogen-bond acceptors (Lipinski definition) is 3. The van der Waals surface area contributed by atoms with Gasteiger partial charge < -0.3 is 15.6 Å². The number of halogens is 1. The van der Waals surface area contributed by atoms with Crippen LogP contribution in [0.3, 0.4) is 0 Å². The molecule has 3 aromatic rings. The Morgan fingerprint density at radius 1 is 1.21 bits per heavy atom. The van der Waals surface area contributed by atoms with Crippen LogP contribution in [-0.2, 0) is 6.42 Å². The largest absolute Gasteiger partial charge is 0.366 e. The monoisotopic (exact) mass is 408 g/mol. The molecule has 2 amide bonds. The van der Waals surface area contributed by atoms with Crippen molar-refractivity contribution in [2.75, 3.05) is 13.1 Å². The first-order valence-electron chi connectivity index (χ1n) is 9.44. The first-order valence-corrected chi connectivity index (χ1v) is 9.82. The second kappa shape index (κ2) is 7.72. The number of imidazole rings is 1. The number of carbonyl (C=O) groups is 2. The maximum Gasteiger partial charge on any atom is 0.254 e. The van der Waals surface area contributed by atoms with Gasteiger partial charge in [0.1, 0.15) is 5.82 Å². The van der Waals surface area contributed by atoms with Crippen molar-refractivity contribution in [3.63, 3.8) is 0 Å². The molecule has 148 valence electrons. The normalized spacial score (nSPS) is 14.5. The molecule has 4 rings (SSSR count). The highest BCUT2D eigenvalue weighted by molar-refractivity contribution is 6.31. The second-order valence-electron chi connectivity index (χ2n) is 7.31. The topological polar surface area (TPSA) is 92.1 Å². The van der Waals surface area contributed by atoms with E-state index in [9.17, 15) is 9.59 Å². The van der Waals surface area contributed by atoms with Crippen LogP contribution in [0.5, 0.6) is 0 Å². The number of rotatable bonds is 5. The van der Waals surface area contributed by atoms with E-state index in [1.54, 1.807) is 29.2 Å². The van der Waals surface area contributed by atoms with Crippen molar-refractivity contribution >= 4 is 34.4 Å². The molecule has 0 aliphatic carbocycles. The summed E-state index contributed by atoms with van der Waals surface area (Å²) in [6.45, 7) is 3.22. The van der Waals surface area contributed by atoms with Crippen molar-refractivity contribution in [2.24, 2.45) is 5.73 Å². The van der Waals surface area contributed by atoms with Gasteiger partial charge in [0.05, 0.1) is 11.0 Å². The van der Waals surface area contributed by atoms with Gasteiger partial charge in [0, 0.05) is 35.2 Å². The van der Waals surface area contributed by atoms with Gasteiger partial charge in [-0.05, 0) is 48.4 Å². The fourth-order valence-corrected chi connectivity index (χ4v) is 3.77. The smallest absolute Gasteiger partial charge is 0.254 e. The summed E-state index contributed by atoms with van der Waals surface area (Å²) < 4.78 is 0. The maximum atomic E-state index is 13.0. The molecule has 2 aromatic carbocycles. The number of primary amides is 1. The Balaban J connectivity index is 1.66. The van der Waals surface area contributed by atoms with Crippen LogP contribution in [-0.4, -0.2) is 39.8 Å². The molecule has 1 aromatic heterocycles. The van der Waals surface area contributed by atoms with Gasteiger partial charge >= 0.3 is 0 Å². The zero-order chi connectivity index (χ0) is 20.5. The summed E-state index contributed by atoms with van der Waals surface area (Å²) in [4.78, 5) is 34.4. The molecule has 3 N–H and O–H groups in total. The van der Waals surface area contributed by atoms with Crippen LogP contribution in [0.15, 0.2) is 48.6 Å². The number of aromatic nitrogens is 2. The van der Waals surface area contributed by atoms with E-state index in [2.05, 4.69) is 9.97 Å². The van der Waals surface area contributed by atoms with E-state index < -0.39 is 5.91 Å². The molecule has 0 saturated carbocycles. The molecular formula is C22H21ClN4O2. The molecule has 2 heterocycles. The van der Waals surface area contributed by atoms with Gasteiger partial charge in [-0.1, -0.05) is 30.7 Å². The Labute approximate surface area is 173 Å². The van der Waals surface area contributed by atoms with Crippen LogP contribution in [0.25, 0.3) is 11.0 Å². The van der Waals surface area contributed by atoms with Gasteiger partial charge in [0.15, 0.2) is 0 Å². The lowest BCUT2D eigenvalue weighted by Crippen LogP contribution is -2.29. The fraction of sp³-hybridized carbons (Fsp3) is 0.227. The highest BCUT2D eigenvalue weighted by Crippen LogP contribution is 2.26. The summed E-state index contributed by atoms with van der Waals surface area (Å²) in [6, 6.07) is 10.5. The van der Waals surface area contributed by atoms with Gasteiger partial charge in [-0.25, -0.2) is 4.98 Å². The van der Waals surface area contributed by atoms with Crippen molar-refractivity contribution in [3.05, 3.63) is 76.1 Å². The van der Waals surface area contributed by atoms with Crippen molar-refractivity contribution in [1.29, 1.82) is 0 Å². The SMILES string of the molecule is CC(Cc1cc(C(N)=O)ccc1C(=O)N1CC=CC1)c1nc2ccc(Cl)cc2[nH]1. The summed E-state index contributed by atoms with van der Waals surface area (Å²) in [5, 5.41) is 0.640. The van der Waals surface area contributed by atoms with E-state index >= 15 is 0 Å². The number of amides is 2. The van der Waals surface area contributed by atoms with Crippen LogP contribution >= 0.6 is 11.6 Å². The van der Waals surface area contributed by atoms with E-state index in [1.807, 2.05) is 31.2 Å². The molecule has 6 nitrogen and oxygen atoms in total. The van der Waals surface area contributed by atoms with Crippen LogP contribution in [0.4, 0.5) is 0 Å². The van der Waals surface area contributed by atoms with E-state index in [-0.39, 0.29) is 11.8 Å². The number of carbonyl (C=O) groups excluding carboxylic acids is 2. The maximum absolute atomic E-state index is 13.0. The Morgan fingerprint density at radius 3 is 2.69 bits per heavy atom. The molecule has 1 unspecified atom stereocenters. The molecule has 0 radical (unpaired) electrons. The van der Waals surface area contributed by atoms with Crippen molar-refractivity contribution in [2.45, 2.75) is 19.3 Å². The minimum absolute atomic E-state index is 0.00689. The van der Waals surface area contributed by atoms with Crippen LogP contribution in [0, 0.1) is 0 Å². The van der Waals surface area contributed by atoms with Crippen molar-refractivity contribution in [1.82, 2.24) is 14.9 Å². The Kier molecular flexibility index (Phi) is 5.11. The summed E-state index contributed by atoms with van der Waals surface area (Å²) in [6.07, 6.45) is 4.48. The molecule has 7 heteroatoms. The lowest BCUT2D eigenvalue weighted by Gasteiger charge is -2.19. The van der Waals surface area contributed by atoms with Gasteiger partial charge in [-0.3, -0.25) is 9.59 Å². The van der Waals surface area contributed by atoms with Gasteiger partial charge in [0.2, 0.25) is 5.91 Å². The zero-order valence-electron chi connectivity index (χ0n) is 16.0. The molecule has 0 saturated heterocycles. The summed E-state index contributed by atoms with van der Waals surface area (Å²) in [5.74, 6) is 0.226. The molecule has 29 heavy (non-hydrogen) atoms. The summed E-state index contributed by atoms with van der Waals surface area (Å²) in [5.41, 5.74) is 8.92. The second-order valence-corrected chi connectivity index (χ2v) is 7.74. The number of nitrogens with two attached hydrogens (primary N) is 1. The van der Waals surface area contributed by atoms with Crippen molar-refractivity contribution in [3.8, 4) is 0 Å². The molecule has 1 aliphatic heterocycles. The predicted molar refractivity (Wildman–Crippen MR) is 113 cm³/mol. The fourth-order valence-electron chi connectivity index (χ4n) is 3.60. The lowest BCUT2D eigenvalue weighted by molar-refractivity contribution is 0.0798. The van der Waals surface area contributed by atoms with Gasteiger partial charge in [-0.2, -0.15) is 0 Å². The molecule has 0 bridgehead atoms. The highest BCUT2D eigenvalue weighted by atomic mass is 35.5. The predicted octanol–water partition coefficient (Wildman–Crippen LogP) is 3.67. The van der Waals surface area contributed by atoms with Gasteiger partial charge in [0.25, 0.3) is 5.91 Å². The lowest BCUT2D eigenvalue weighted by atomic mass is 9.93. The Morgan fingerprint density at radius 2 is 1.97 bits per heavy atom. The average Bonchev–Trinajstić information content (AvgIpc) is 3.37. The number of benzene rings is 2. The van der Waals surface area contributed by atoms with Gasteiger partial charge in [-0.15, -0.1) is 0 Å². The average molecular weight is 409 g/mol. The van der Waals surface area contributed by atoms with E-state index in [0.717, 1.165) is 22.4 Å². The molecule has 1 atom stereocenters. The van der Waals surface area contributed by atoms with E-state index in [1.165, 1.54) is 0 Å². The number of H-pyrrole nitrogens is 1. The number of fused-ring (bicyclic) bond motifs is 1. The minimum Gasteiger partial charge on any atom is -0.366 e. The third-order valence-electron chi connectivity index (χ3n) is 5.18. The summed E-state index contributed by atoms with van der Waals surface area (Å²) in [7, 11) is 0. The number of aromatic amines is 1. The number of hydrogen-bond donors (Lipinski definition) is 2. The summed E-state index contributed by atoms with van der Waals surface area (Å²) >= 11 is 6.06. The molecule has 0 fully saturated rings. The number of nitrogens with one attached hydrogen (secondary N) is 1. The van der Waals surface area contributed by atoms with E-state index in [4.69, 9.17) is 17.3 Å². The third kappa shape index (κ3) is 3.89. The first kappa shape index (κ1) is 19.2. The standard InChI is InChI=1S/C22H21ClN4O2/c1-13(21-25-18-7-5-16(23)12-19(18)26-21)10-15-11-14(20(24)28)4-6-17(15)22(29)27-8-2-3-9-27/h2-7,11-13H,8-10H2,1H3,(H2,24,28)(H,25,26). The Bertz CT molecular complexity index is 1130. The van der Waals surface area contributed by atoms with Crippen LogP contribution in [0.2, 0.25) is 5.02 Å². The first-order chi connectivity index (χ1) is 13.9. The quantitative estimate of drug-likeness (QED) is 0.631. The van der Waals surface area contributed by atoms with Crippen LogP contribution < -0.4 is 5.73 Å². The zero-order valence-corrected chi connectivity index (χ0v) is 16.7. The van der Waals surface area contributed by atoms with E-state index in [0.29, 0.717) is 35.7 Å². The molecule has 0 spiro atoms. The Hall–Kier alpha value is -3.12. The number of nitrogens with zero attached hydrogens (tertiary/aromatic N) is 2. The molecule has 1 aliphatic rings. The molecular weight excluding hydrogens is 388 g/mol. The highest BCUT2D eigenvalue weighted by Gasteiger charge is 2.22. The van der Waals surface area contributed by atoms with Crippen LogP contribution in [0.1, 0.15) is 44.9 Å². The van der Waals surface area contributed by atoms with Crippen molar-refractivity contribution < 1.29 is 9.59 Å².